The molecule has 1 heterocycles. The van der Waals surface area contributed by atoms with Crippen molar-refractivity contribution in [3.05, 3.63) is 100 Å². The molecule has 3 aromatic rings. The topological polar surface area (TPSA) is 61.9 Å². The smallest absolute Gasteiger partial charge is 0.294 e. The molecule has 0 radical (unpaired) electrons. The number of ether oxygens (including phenoxy) is 1. The van der Waals surface area contributed by atoms with Crippen LogP contribution in [0.25, 0.3) is 6.08 Å². The highest BCUT2D eigenvalue weighted by Gasteiger charge is 2.31. The van der Waals surface area contributed by atoms with E-state index >= 15 is 0 Å². The summed E-state index contributed by atoms with van der Waals surface area (Å²) in [6.07, 6.45) is 4.83. The monoisotopic (exact) mass is 575 g/mol. The van der Waals surface area contributed by atoms with E-state index in [1.54, 1.807) is 18.2 Å². The maximum absolute atomic E-state index is 13.3. The van der Waals surface area contributed by atoms with Crippen LogP contribution in [0, 0.1) is 0 Å². The van der Waals surface area contributed by atoms with Gasteiger partial charge in [0.05, 0.1) is 5.69 Å². The van der Waals surface area contributed by atoms with Crippen molar-refractivity contribution < 1.29 is 14.3 Å². The summed E-state index contributed by atoms with van der Waals surface area (Å²) in [7, 11) is 0. The molecule has 0 aromatic heterocycles. The molecular formula is C31H34BrN3O3. The molecule has 0 bridgehead atoms. The molecule has 0 atom stereocenters. The van der Waals surface area contributed by atoms with Crippen molar-refractivity contribution in [3.63, 3.8) is 0 Å². The Morgan fingerprint density at radius 2 is 1.76 bits per heavy atom. The van der Waals surface area contributed by atoms with E-state index in [2.05, 4.69) is 57.3 Å². The fourth-order valence-corrected chi connectivity index (χ4v) is 4.81. The Morgan fingerprint density at radius 3 is 2.55 bits per heavy atom. The molecule has 0 saturated heterocycles. The van der Waals surface area contributed by atoms with Crippen molar-refractivity contribution in [1.82, 2.24) is 10.2 Å². The Hall–Kier alpha value is -3.42. The minimum absolute atomic E-state index is 0.0708. The van der Waals surface area contributed by atoms with Crippen molar-refractivity contribution in [1.29, 1.82) is 0 Å². The largest absolute Gasteiger partial charge is 0.449 e. The van der Waals surface area contributed by atoms with Gasteiger partial charge in [0.1, 0.15) is 6.54 Å². The molecule has 38 heavy (non-hydrogen) atoms. The summed E-state index contributed by atoms with van der Waals surface area (Å²) < 4.78 is 6.83. The summed E-state index contributed by atoms with van der Waals surface area (Å²) in [6.45, 7) is 5.52. The van der Waals surface area contributed by atoms with Crippen LogP contribution < -0.4 is 15.0 Å². The fraction of sp³-hybridized carbons (Fsp3) is 0.290. The molecule has 4 rings (SSSR count). The van der Waals surface area contributed by atoms with E-state index in [1.807, 2.05) is 42.5 Å². The first-order chi connectivity index (χ1) is 18.5. The van der Waals surface area contributed by atoms with Gasteiger partial charge in [0.15, 0.2) is 11.5 Å². The number of carbonyl (C=O) groups excluding carboxylic acids is 2. The number of para-hydroxylation sites is 2. The van der Waals surface area contributed by atoms with Crippen LogP contribution in [0.1, 0.15) is 37.3 Å². The SMILES string of the molecule is CCCCN(CCCNC(=O)CN1C(=O)/C(=C\c2cccc(Br)c2)Oc2ccccc21)Cc1ccccc1. The Bertz CT molecular complexity index is 1260. The van der Waals surface area contributed by atoms with Gasteiger partial charge in [0, 0.05) is 24.1 Å². The highest BCUT2D eigenvalue weighted by atomic mass is 79.9. The van der Waals surface area contributed by atoms with Gasteiger partial charge < -0.3 is 10.1 Å². The predicted octanol–water partition coefficient (Wildman–Crippen LogP) is 6.02. The van der Waals surface area contributed by atoms with E-state index in [-0.39, 0.29) is 24.1 Å². The second-order valence-corrected chi connectivity index (χ2v) is 10.3. The number of anilines is 1. The maximum Gasteiger partial charge on any atom is 0.294 e. The molecule has 7 heteroatoms. The molecule has 3 aromatic carbocycles. The number of hydrogen-bond donors (Lipinski definition) is 1. The molecule has 6 nitrogen and oxygen atoms in total. The van der Waals surface area contributed by atoms with Crippen LogP contribution in [0.15, 0.2) is 89.1 Å². The van der Waals surface area contributed by atoms with Crippen molar-refractivity contribution >= 4 is 39.5 Å². The van der Waals surface area contributed by atoms with Gasteiger partial charge in [-0.15, -0.1) is 0 Å². The maximum atomic E-state index is 13.3. The summed E-state index contributed by atoms with van der Waals surface area (Å²) >= 11 is 3.46. The number of fused-ring (bicyclic) bond motifs is 1. The van der Waals surface area contributed by atoms with Crippen molar-refractivity contribution in [3.8, 4) is 5.75 Å². The Kier molecular flexibility index (Phi) is 10.1. The minimum Gasteiger partial charge on any atom is -0.449 e. The second-order valence-electron chi connectivity index (χ2n) is 9.34. The van der Waals surface area contributed by atoms with Gasteiger partial charge in [-0.1, -0.05) is 83.9 Å². The Balaban J connectivity index is 1.35. The van der Waals surface area contributed by atoms with E-state index < -0.39 is 0 Å². The number of carbonyl (C=O) groups is 2. The van der Waals surface area contributed by atoms with Gasteiger partial charge in [0.25, 0.3) is 5.91 Å². The lowest BCUT2D eigenvalue weighted by atomic mass is 10.1. The van der Waals surface area contributed by atoms with Crippen LogP contribution in [0.3, 0.4) is 0 Å². The summed E-state index contributed by atoms with van der Waals surface area (Å²) in [4.78, 5) is 30.2. The molecule has 198 valence electrons. The number of nitrogens with zero attached hydrogens (tertiary/aromatic N) is 2. The molecule has 1 N–H and O–H groups in total. The van der Waals surface area contributed by atoms with Crippen molar-refractivity contribution in [2.24, 2.45) is 0 Å². The number of unbranched alkanes of at least 4 members (excludes halogenated alkanes) is 1. The third-order valence-electron chi connectivity index (χ3n) is 6.33. The van der Waals surface area contributed by atoms with Gasteiger partial charge in [-0.05, 0) is 60.9 Å². The number of rotatable bonds is 12. The lowest BCUT2D eigenvalue weighted by Crippen LogP contribution is -2.44. The molecule has 0 aliphatic carbocycles. The Labute approximate surface area is 233 Å². The van der Waals surface area contributed by atoms with Gasteiger partial charge in [-0.25, -0.2) is 0 Å². The molecule has 1 aliphatic heterocycles. The number of benzene rings is 3. The Morgan fingerprint density at radius 1 is 1.00 bits per heavy atom. The first-order valence-corrected chi connectivity index (χ1v) is 13.9. The van der Waals surface area contributed by atoms with E-state index in [9.17, 15) is 9.59 Å². The zero-order valence-electron chi connectivity index (χ0n) is 21.7. The summed E-state index contributed by atoms with van der Waals surface area (Å²) in [5.74, 6) is 0.197. The molecule has 0 fully saturated rings. The quantitative estimate of drug-likeness (QED) is 0.212. The first kappa shape index (κ1) is 27.6. The highest BCUT2D eigenvalue weighted by molar-refractivity contribution is 9.10. The van der Waals surface area contributed by atoms with Gasteiger partial charge in [-0.3, -0.25) is 19.4 Å². The summed E-state index contributed by atoms with van der Waals surface area (Å²) in [5, 5.41) is 3.00. The van der Waals surface area contributed by atoms with Crippen LogP contribution in [-0.4, -0.2) is 42.9 Å². The predicted molar refractivity (Wildman–Crippen MR) is 156 cm³/mol. The zero-order valence-corrected chi connectivity index (χ0v) is 23.3. The van der Waals surface area contributed by atoms with Crippen molar-refractivity contribution in [2.45, 2.75) is 32.7 Å². The molecule has 0 saturated carbocycles. The van der Waals surface area contributed by atoms with E-state index in [0.29, 0.717) is 18.0 Å². The fourth-order valence-electron chi connectivity index (χ4n) is 4.39. The van der Waals surface area contributed by atoms with Crippen LogP contribution in [0.4, 0.5) is 5.69 Å². The highest BCUT2D eigenvalue weighted by Crippen LogP contribution is 2.35. The third-order valence-corrected chi connectivity index (χ3v) is 6.82. The van der Waals surface area contributed by atoms with Crippen LogP contribution >= 0.6 is 15.9 Å². The van der Waals surface area contributed by atoms with E-state index in [4.69, 9.17) is 4.74 Å². The summed E-state index contributed by atoms with van der Waals surface area (Å²) in [6, 6.07) is 25.4. The van der Waals surface area contributed by atoms with Gasteiger partial charge in [-0.2, -0.15) is 0 Å². The van der Waals surface area contributed by atoms with E-state index in [0.717, 1.165) is 48.9 Å². The van der Waals surface area contributed by atoms with Crippen LogP contribution in [0.2, 0.25) is 0 Å². The zero-order chi connectivity index (χ0) is 26.7. The van der Waals surface area contributed by atoms with Gasteiger partial charge in [0.2, 0.25) is 5.91 Å². The average molecular weight is 577 g/mol. The second kappa shape index (κ2) is 13.9. The van der Waals surface area contributed by atoms with Crippen molar-refractivity contribution in [2.75, 3.05) is 31.1 Å². The number of nitrogens with one attached hydrogen (secondary N) is 1. The average Bonchev–Trinajstić information content (AvgIpc) is 2.92. The van der Waals surface area contributed by atoms with E-state index in [1.165, 1.54) is 10.5 Å². The molecule has 0 unspecified atom stereocenters. The molecule has 1 aliphatic rings. The summed E-state index contributed by atoms with van der Waals surface area (Å²) in [5.41, 5.74) is 2.71. The number of halogens is 1. The number of hydrogen-bond acceptors (Lipinski definition) is 4. The number of amides is 2. The normalized spacial score (nSPS) is 13.9. The van der Waals surface area contributed by atoms with Crippen LogP contribution in [0.5, 0.6) is 5.75 Å². The standard InChI is InChI=1S/C31H34BrN3O3/c1-2-3-18-34(22-24-11-5-4-6-12-24)19-10-17-33-30(36)23-35-27-15-7-8-16-28(27)38-29(31(35)37)21-25-13-9-14-26(32)20-25/h4-9,11-16,20-21H,2-3,10,17-19,22-23H2,1H3,(H,33,36)/b29-21+. The lowest BCUT2D eigenvalue weighted by molar-refractivity contribution is -0.123. The third kappa shape index (κ3) is 7.79. The molecule has 2 amide bonds. The first-order valence-electron chi connectivity index (χ1n) is 13.1. The van der Waals surface area contributed by atoms with Crippen LogP contribution in [-0.2, 0) is 16.1 Å². The molecular weight excluding hydrogens is 542 g/mol. The minimum atomic E-state index is -0.340. The molecule has 0 spiro atoms. The van der Waals surface area contributed by atoms with Gasteiger partial charge >= 0.3 is 0 Å². The lowest BCUT2D eigenvalue weighted by Gasteiger charge is -2.30.